The van der Waals surface area contributed by atoms with Gasteiger partial charge in [-0.3, -0.25) is 9.98 Å². The van der Waals surface area contributed by atoms with E-state index in [1.807, 2.05) is 24.3 Å². The molecule has 0 aliphatic carbocycles. The van der Waals surface area contributed by atoms with Gasteiger partial charge >= 0.3 is 0 Å². The minimum absolute atomic E-state index is 0.124. The summed E-state index contributed by atoms with van der Waals surface area (Å²) < 4.78 is 3.12. The quantitative estimate of drug-likeness (QED) is 0.432. The molecule has 3 N–H and O–H groups in total. The highest BCUT2D eigenvalue weighted by molar-refractivity contribution is 5.80. The minimum atomic E-state index is 0.124. The molecule has 0 atom stereocenters. The van der Waals surface area contributed by atoms with Gasteiger partial charge in [0.2, 0.25) is 0 Å². The highest BCUT2D eigenvalue weighted by atomic mass is 15.4. The molecule has 0 unspecified atom stereocenters. The summed E-state index contributed by atoms with van der Waals surface area (Å²) in [6.45, 7) is 0. The van der Waals surface area contributed by atoms with Crippen molar-refractivity contribution < 1.29 is 0 Å². The zero-order valence-corrected chi connectivity index (χ0v) is 14.1. The highest BCUT2D eigenvalue weighted by Gasteiger charge is 2.09. The van der Waals surface area contributed by atoms with Gasteiger partial charge in [0.1, 0.15) is 12.7 Å². The number of hydrogen-bond acceptors (Lipinski definition) is 6. The predicted molar refractivity (Wildman–Crippen MR) is 101 cm³/mol. The third kappa shape index (κ3) is 3.05. The minimum Gasteiger partial charge on any atom is -0.399 e. The predicted octanol–water partition coefficient (Wildman–Crippen LogP) is 2.04. The Morgan fingerprint density at radius 3 is 2.48 bits per heavy atom. The molecule has 130 valence electrons. The average Bonchev–Trinajstić information content (AvgIpc) is 3.14. The van der Waals surface area contributed by atoms with Crippen LogP contribution in [0.5, 0.6) is 0 Å². The van der Waals surface area contributed by atoms with E-state index in [0.29, 0.717) is 22.4 Å². The second-order valence-corrected chi connectivity index (χ2v) is 5.79. The van der Waals surface area contributed by atoms with Crippen LogP contribution in [-0.4, -0.2) is 25.4 Å². The second-order valence-electron chi connectivity index (χ2n) is 5.79. The number of imidazole rings is 1. The maximum Gasteiger partial charge on any atom is 0.177 e. The van der Waals surface area contributed by atoms with Crippen LogP contribution in [0, 0.1) is 16.7 Å². The van der Waals surface area contributed by atoms with E-state index < -0.39 is 0 Å². The smallest absolute Gasteiger partial charge is 0.177 e. The van der Waals surface area contributed by atoms with Crippen LogP contribution < -0.4 is 11.2 Å². The summed E-state index contributed by atoms with van der Waals surface area (Å²) in [6, 6.07) is 16.4. The van der Waals surface area contributed by atoms with Gasteiger partial charge in [0, 0.05) is 11.4 Å². The number of nitrogen functional groups attached to an aromatic ring is 1. The van der Waals surface area contributed by atoms with Gasteiger partial charge in [0.05, 0.1) is 17.8 Å². The van der Waals surface area contributed by atoms with Gasteiger partial charge in [0.15, 0.2) is 16.7 Å². The zero-order chi connectivity index (χ0) is 18.8. The molecule has 2 heterocycles. The average molecular weight is 354 g/mol. The molecule has 8 nitrogen and oxygen atoms in total. The number of anilines is 1. The van der Waals surface area contributed by atoms with E-state index in [-0.39, 0.29) is 5.49 Å². The van der Waals surface area contributed by atoms with E-state index in [2.05, 4.69) is 21.1 Å². The van der Waals surface area contributed by atoms with Crippen molar-refractivity contribution in [2.45, 2.75) is 0 Å². The number of nitrogens with one attached hydrogen (secondary N) is 1. The number of fused-ring (bicyclic) bond motifs is 1. The van der Waals surface area contributed by atoms with E-state index in [9.17, 15) is 0 Å². The third-order valence-electron chi connectivity index (χ3n) is 4.03. The Balaban J connectivity index is 1.72. The molecule has 4 aromatic rings. The molecule has 0 saturated heterocycles. The fraction of sp³-hybridized carbons (Fsp3) is 0. The van der Waals surface area contributed by atoms with E-state index in [4.69, 9.17) is 16.4 Å². The number of nitriles is 1. The summed E-state index contributed by atoms with van der Waals surface area (Å²) in [4.78, 5) is 8.69. The molecule has 27 heavy (non-hydrogen) atoms. The Hall–Kier alpha value is -4.25. The molecular weight excluding hydrogens is 340 g/mol. The van der Waals surface area contributed by atoms with Crippen LogP contribution >= 0.6 is 0 Å². The third-order valence-corrected chi connectivity index (χ3v) is 4.03. The van der Waals surface area contributed by atoms with E-state index in [1.165, 1.54) is 11.0 Å². The van der Waals surface area contributed by atoms with E-state index in [0.717, 1.165) is 11.3 Å². The molecule has 4 rings (SSSR count). The summed E-state index contributed by atoms with van der Waals surface area (Å²) in [5.74, 6) is 0. The number of benzene rings is 2. The van der Waals surface area contributed by atoms with Crippen LogP contribution in [0.1, 0.15) is 11.1 Å². The largest absolute Gasteiger partial charge is 0.399 e. The first-order valence-electron chi connectivity index (χ1n) is 8.05. The molecule has 0 saturated carbocycles. The molecular formula is C19H14N8. The van der Waals surface area contributed by atoms with Crippen LogP contribution in [0.15, 0.2) is 66.3 Å². The number of nitrogens with two attached hydrogens (primary N) is 1. The Kier molecular flexibility index (Phi) is 3.95. The van der Waals surface area contributed by atoms with E-state index >= 15 is 0 Å². The Morgan fingerprint density at radius 1 is 1.04 bits per heavy atom. The van der Waals surface area contributed by atoms with Crippen molar-refractivity contribution in [2.24, 2.45) is 5.10 Å². The van der Waals surface area contributed by atoms with Crippen molar-refractivity contribution in [1.29, 1.82) is 10.7 Å². The maximum absolute atomic E-state index is 8.92. The number of hydrogen-bond donors (Lipinski definition) is 2. The number of rotatable bonds is 3. The lowest BCUT2D eigenvalue weighted by molar-refractivity contribution is 0.779. The van der Waals surface area contributed by atoms with Gasteiger partial charge in [-0.2, -0.15) is 10.4 Å². The molecule has 2 aromatic heterocycles. The molecule has 8 heteroatoms. The van der Waals surface area contributed by atoms with Crippen LogP contribution in [-0.2, 0) is 0 Å². The van der Waals surface area contributed by atoms with Gasteiger partial charge in [-0.05, 0) is 42.0 Å². The highest BCUT2D eigenvalue weighted by Crippen LogP contribution is 2.14. The van der Waals surface area contributed by atoms with Crippen LogP contribution in [0.2, 0.25) is 0 Å². The molecule has 0 amide bonds. The lowest BCUT2D eigenvalue weighted by Gasteiger charge is -2.04. The second kappa shape index (κ2) is 6.57. The van der Waals surface area contributed by atoms with E-state index in [1.54, 1.807) is 41.4 Å². The van der Waals surface area contributed by atoms with Gasteiger partial charge in [-0.15, -0.1) is 0 Å². The summed E-state index contributed by atoms with van der Waals surface area (Å²) in [7, 11) is 0. The Bertz CT molecular complexity index is 1240. The summed E-state index contributed by atoms with van der Waals surface area (Å²) in [6.07, 6.45) is 4.70. The fourth-order valence-electron chi connectivity index (χ4n) is 2.59. The van der Waals surface area contributed by atoms with Crippen molar-refractivity contribution in [1.82, 2.24) is 19.2 Å². The lowest BCUT2D eigenvalue weighted by Crippen LogP contribution is -2.18. The maximum atomic E-state index is 8.92. The lowest BCUT2D eigenvalue weighted by atomic mass is 10.2. The molecule has 0 spiro atoms. The molecule has 0 aliphatic heterocycles. The topological polar surface area (TPSA) is 122 Å². The monoisotopic (exact) mass is 354 g/mol. The van der Waals surface area contributed by atoms with Crippen LogP contribution in [0.4, 0.5) is 5.69 Å². The molecule has 2 aromatic carbocycles. The van der Waals surface area contributed by atoms with Crippen molar-refractivity contribution in [3.8, 4) is 11.8 Å². The molecule has 0 radical (unpaired) electrons. The molecule has 0 aliphatic rings. The SMILES string of the molecule is N#Cc1ccc(-n2cnc3c(=N)n(/N=C\c4ccc(N)cc4)cnc32)cc1. The van der Waals surface area contributed by atoms with Gasteiger partial charge in [0.25, 0.3) is 0 Å². The first-order chi connectivity index (χ1) is 13.2. The van der Waals surface area contributed by atoms with Gasteiger partial charge in [-0.1, -0.05) is 12.1 Å². The zero-order valence-electron chi connectivity index (χ0n) is 14.1. The number of aromatic nitrogens is 4. The summed E-state index contributed by atoms with van der Waals surface area (Å²) >= 11 is 0. The summed E-state index contributed by atoms with van der Waals surface area (Å²) in [5, 5.41) is 21.5. The molecule has 0 bridgehead atoms. The first-order valence-corrected chi connectivity index (χ1v) is 8.05. The van der Waals surface area contributed by atoms with Crippen molar-refractivity contribution in [3.05, 3.63) is 77.8 Å². The van der Waals surface area contributed by atoms with Crippen LogP contribution in [0.25, 0.3) is 16.9 Å². The fourth-order valence-corrected chi connectivity index (χ4v) is 2.59. The molecule has 0 fully saturated rings. The number of nitrogens with zero attached hydrogens (tertiary/aromatic N) is 6. The van der Waals surface area contributed by atoms with Crippen molar-refractivity contribution in [3.63, 3.8) is 0 Å². The Morgan fingerprint density at radius 2 is 1.78 bits per heavy atom. The van der Waals surface area contributed by atoms with Crippen molar-refractivity contribution >= 4 is 23.1 Å². The van der Waals surface area contributed by atoms with Gasteiger partial charge in [-0.25, -0.2) is 14.6 Å². The Labute approximate surface area is 154 Å². The van der Waals surface area contributed by atoms with Crippen LogP contribution in [0.3, 0.4) is 0 Å². The normalized spacial score (nSPS) is 11.1. The standard InChI is InChI=1S/C19H14N8/c20-9-13-3-7-16(8-4-13)26-11-23-17-18(22)27(12-24-19(17)26)25-10-14-1-5-15(21)6-2-14/h1-8,10-12,22H,21H2/b22-18?,25-10-. The summed E-state index contributed by atoms with van der Waals surface area (Å²) in [5.41, 5.74) is 9.69. The first kappa shape index (κ1) is 16.2. The van der Waals surface area contributed by atoms with Gasteiger partial charge < -0.3 is 5.73 Å². The van der Waals surface area contributed by atoms with Crippen molar-refractivity contribution in [2.75, 3.05) is 5.73 Å².